The normalized spacial score (nSPS) is 15.3. The Morgan fingerprint density at radius 3 is 2.74 bits per heavy atom. The molecule has 1 rings (SSSR count). The molecule has 0 saturated carbocycles. The Morgan fingerprint density at radius 1 is 1.43 bits per heavy atom. The summed E-state index contributed by atoms with van der Waals surface area (Å²) in [5.74, 6) is 0.427. The molecule has 130 valence electrons. The van der Waals surface area contributed by atoms with Gasteiger partial charge in [-0.05, 0) is 44.7 Å². The molecule has 0 aliphatic rings. The van der Waals surface area contributed by atoms with E-state index in [2.05, 4.69) is 29.5 Å². The van der Waals surface area contributed by atoms with Crippen molar-refractivity contribution in [2.45, 2.75) is 58.6 Å². The Balaban J connectivity index is 2.37. The van der Waals surface area contributed by atoms with Gasteiger partial charge in [-0.3, -0.25) is 4.79 Å². The van der Waals surface area contributed by atoms with Gasteiger partial charge in [0.2, 0.25) is 5.91 Å². The van der Waals surface area contributed by atoms with E-state index in [0.29, 0.717) is 24.6 Å². The van der Waals surface area contributed by atoms with Crippen LogP contribution < -0.4 is 10.6 Å². The molecular weight excluding hydrogens is 314 g/mol. The Labute approximate surface area is 143 Å². The quantitative estimate of drug-likeness (QED) is 0.603. The van der Waals surface area contributed by atoms with E-state index >= 15 is 0 Å². The third-order valence-corrected chi connectivity index (χ3v) is 3.92. The summed E-state index contributed by atoms with van der Waals surface area (Å²) in [5.41, 5.74) is -0.253. The Bertz CT molecular complexity index is 506. The second kappa shape index (κ2) is 9.21. The third kappa shape index (κ3) is 8.30. The fraction of sp³-hybridized carbons (Fsp3) is 0.647. The Morgan fingerprint density at radius 2 is 2.13 bits per heavy atom. The molecule has 0 aromatic carbocycles. The zero-order valence-electron chi connectivity index (χ0n) is 14.4. The molecule has 1 aromatic rings. The van der Waals surface area contributed by atoms with Crippen molar-refractivity contribution >= 4 is 23.2 Å². The van der Waals surface area contributed by atoms with E-state index in [1.807, 2.05) is 13.8 Å². The number of aliphatic hydroxyl groups is 1. The van der Waals surface area contributed by atoms with Crippen LogP contribution in [0.4, 0.5) is 5.69 Å². The molecule has 1 aromatic heterocycles. The van der Waals surface area contributed by atoms with Gasteiger partial charge in [-0.25, -0.2) is 4.98 Å². The van der Waals surface area contributed by atoms with E-state index in [0.717, 1.165) is 12.8 Å². The van der Waals surface area contributed by atoms with Gasteiger partial charge in [0, 0.05) is 25.2 Å². The van der Waals surface area contributed by atoms with Crippen LogP contribution in [0.1, 0.15) is 47.0 Å². The van der Waals surface area contributed by atoms with Gasteiger partial charge in [0.25, 0.3) is 0 Å². The number of nitrogens with one attached hydrogen (secondary N) is 2. The van der Waals surface area contributed by atoms with Crippen LogP contribution in [-0.2, 0) is 4.79 Å². The maximum absolute atomic E-state index is 12.0. The van der Waals surface area contributed by atoms with Gasteiger partial charge in [0.05, 0.1) is 11.3 Å². The van der Waals surface area contributed by atoms with E-state index in [9.17, 15) is 9.90 Å². The summed E-state index contributed by atoms with van der Waals surface area (Å²) in [6, 6.07) is 3.38. The summed E-state index contributed by atoms with van der Waals surface area (Å²) in [7, 11) is 0. The standard InChI is InChI=1S/C17H28ClN3O2/c1-12(2)7-8-17(4,23)11-20-13(3)10-15(22)21-14-6-5-9-19-16(14)18/h5-6,9,12-13,20,23H,7-8,10-11H2,1-4H3,(H,21,22). The predicted molar refractivity (Wildman–Crippen MR) is 94.7 cm³/mol. The summed E-state index contributed by atoms with van der Waals surface area (Å²) >= 11 is 5.91. The number of rotatable bonds is 9. The van der Waals surface area contributed by atoms with Crippen LogP contribution in [0.5, 0.6) is 0 Å². The lowest BCUT2D eigenvalue weighted by atomic mass is 9.95. The van der Waals surface area contributed by atoms with Crippen molar-refractivity contribution in [1.29, 1.82) is 0 Å². The minimum absolute atomic E-state index is 0.0454. The van der Waals surface area contributed by atoms with Crippen molar-refractivity contribution in [2.24, 2.45) is 5.92 Å². The summed E-state index contributed by atoms with van der Waals surface area (Å²) in [4.78, 5) is 15.9. The van der Waals surface area contributed by atoms with Crippen molar-refractivity contribution < 1.29 is 9.90 Å². The second-order valence-corrected chi connectivity index (χ2v) is 7.16. The van der Waals surface area contributed by atoms with Gasteiger partial charge in [0.15, 0.2) is 5.15 Å². The fourth-order valence-electron chi connectivity index (χ4n) is 2.11. The number of carbonyl (C=O) groups excluding carboxylic acids is 1. The molecule has 1 amide bonds. The Kier molecular flexibility index (Phi) is 7.95. The molecule has 23 heavy (non-hydrogen) atoms. The zero-order valence-corrected chi connectivity index (χ0v) is 15.2. The Hall–Kier alpha value is -1.17. The summed E-state index contributed by atoms with van der Waals surface area (Å²) < 4.78 is 0. The highest BCUT2D eigenvalue weighted by molar-refractivity contribution is 6.32. The lowest BCUT2D eigenvalue weighted by Crippen LogP contribution is -2.42. The summed E-state index contributed by atoms with van der Waals surface area (Å²) in [6.07, 6.45) is 3.58. The first kappa shape index (κ1) is 19.9. The molecule has 1 heterocycles. The molecule has 5 nitrogen and oxygen atoms in total. The first-order valence-electron chi connectivity index (χ1n) is 8.06. The van der Waals surface area contributed by atoms with E-state index in [-0.39, 0.29) is 17.1 Å². The van der Waals surface area contributed by atoms with E-state index in [1.54, 1.807) is 18.3 Å². The minimum atomic E-state index is -0.762. The first-order chi connectivity index (χ1) is 10.7. The third-order valence-electron chi connectivity index (χ3n) is 3.62. The topological polar surface area (TPSA) is 74.2 Å². The average Bonchev–Trinajstić information content (AvgIpc) is 2.46. The molecule has 3 N–H and O–H groups in total. The average molecular weight is 342 g/mol. The number of carbonyl (C=O) groups is 1. The van der Waals surface area contributed by atoms with Gasteiger partial charge in [-0.1, -0.05) is 25.4 Å². The highest BCUT2D eigenvalue weighted by Gasteiger charge is 2.21. The van der Waals surface area contributed by atoms with Gasteiger partial charge >= 0.3 is 0 Å². The van der Waals surface area contributed by atoms with E-state index < -0.39 is 5.60 Å². The van der Waals surface area contributed by atoms with Crippen molar-refractivity contribution in [3.05, 3.63) is 23.5 Å². The van der Waals surface area contributed by atoms with Crippen molar-refractivity contribution in [3.8, 4) is 0 Å². The smallest absolute Gasteiger partial charge is 0.226 e. The molecule has 2 unspecified atom stereocenters. The summed E-state index contributed by atoms with van der Waals surface area (Å²) in [6.45, 7) is 8.48. The molecule has 0 spiro atoms. The zero-order chi connectivity index (χ0) is 17.5. The number of pyridine rings is 1. The largest absolute Gasteiger partial charge is 0.389 e. The number of hydrogen-bond acceptors (Lipinski definition) is 4. The molecular formula is C17H28ClN3O2. The number of nitrogens with zero attached hydrogens (tertiary/aromatic N) is 1. The number of hydrogen-bond donors (Lipinski definition) is 3. The number of amides is 1. The van der Waals surface area contributed by atoms with Crippen LogP contribution in [0.25, 0.3) is 0 Å². The summed E-state index contributed by atoms with van der Waals surface area (Å²) in [5, 5.41) is 16.6. The first-order valence-corrected chi connectivity index (χ1v) is 8.43. The second-order valence-electron chi connectivity index (χ2n) is 6.81. The molecule has 0 saturated heterocycles. The minimum Gasteiger partial charge on any atom is -0.389 e. The molecule has 0 radical (unpaired) electrons. The van der Waals surface area contributed by atoms with Gasteiger partial charge in [-0.2, -0.15) is 0 Å². The van der Waals surface area contributed by atoms with Crippen molar-refractivity contribution in [3.63, 3.8) is 0 Å². The number of anilines is 1. The maximum atomic E-state index is 12.0. The molecule has 0 fully saturated rings. The fourth-order valence-corrected chi connectivity index (χ4v) is 2.28. The molecule has 0 bridgehead atoms. The van der Waals surface area contributed by atoms with Crippen molar-refractivity contribution in [1.82, 2.24) is 10.3 Å². The molecule has 0 aliphatic carbocycles. The van der Waals surface area contributed by atoms with Crippen LogP contribution in [0.15, 0.2) is 18.3 Å². The molecule has 0 aliphatic heterocycles. The lowest BCUT2D eigenvalue weighted by molar-refractivity contribution is -0.116. The van der Waals surface area contributed by atoms with Gasteiger partial charge in [0.1, 0.15) is 0 Å². The highest BCUT2D eigenvalue weighted by Crippen LogP contribution is 2.18. The SMILES string of the molecule is CC(C)CCC(C)(O)CNC(C)CC(=O)Nc1cccnc1Cl. The lowest BCUT2D eigenvalue weighted by Gasteiger charge is -2.26. The van der Waals surface area contributed by atoms with Gasteiger partial charge < -0.3 is 15.7 Å². The van der Waals surface area contributed by atoms with E-state index in [4.69, 9.17) is 11.6 Å². The monoisotopic (exact) mass is 341 g/mol. The predicted octanol–water partition coefficient (Wildman–Crippen LogP) is 3.23. The van der Waals surface area contributed by atoms with Crippen LogP contribution in [0, 0.1) is 5.92 Å². The molecule has 2 atom stereocenters. The van der Waals surface area contributed by atoms with Crippen LogP contribution in [-0.4, -0.2) is 34.2 Å². The highest BCUT2D eigenvalue weighted by atomic mass is 35.5. The number of halogens is 1. The molecule has 6 heteroatoms. The van der Waals surface area contributed by atoms with Crippen LogP contribution >= 0.6 is 11.6 Å². The van der Waals surface area contributed by atoms with E-state index in [1.165, 1.54) is 0 Å². The maximum Gasteiger partial charge on any atom is 0.226 e. The van der Waals surface area contributed by atoms with Crippen LogP contribution in [0.3, 0.4) is 0 Å². The van der Waals surface area contributed by atoms with Crippen molar-refractivity contribution in [2.75, 3.05) is 11.9 Å². The van der Waals surface area contributed by atoms with Crippen LogP contribution in [0.2, 0.25) is 5.15 Å². The van der Waals surface area contributed by atoms with Gasteiger partial charge in [-0.15, -0.1) is 0 Å². The number of aromatic nitrogens is 1.